The first-order valence-electron chi connectivity index (χ1n) is 8.05. The van der Waals surface area contributed by atoms with E-state index < -0.39 is 0 Å². The van der Waals surface area contributed by atoms with Gasteiger partial charge in [-0.1, -0.05) is 0 Å². The van der Waals surface area contributed by atoms with E-state index in [1.165, 1.54) is 0 Å². The topological polar surface area (TPSA) is 123 Å². The summed E-state index contributed by atoms with van der Waals surface area (Å²) < 4.78 is 0. The largest absolute Gasteiger partial charge is 0.383 e. The van der Waals surface area contributed by atoms with Crippen molar-refractivity contribution in [3.05, 3.63) is 24.7 Å². The molecular weight excluding hydrogens is 318 g/mol. The lowest BCUT2D eigenvalue weighted by Gasteiger charge is -2.32. The number of anilines is 3. The fourth-order valence-corrected chi connectivity index (χ4v) is 2.85. The van der Waals surface area contributed by atoms with Crippen LogP contribution in [0.1, 0.15) is 0 Å². The Kier molecular flexibility index (Phi) is 3.77. The average Bonchev–Trinajstić information content (AvgIpc) is 2.62. The highest BCUT2D eigenvalue weighted by atomic mass is 15.3. The molecule has 3 aromatic heterocycles. The number of rotatable bonds is 2. The molecule has 4 rings (SSSR count). The molecule has 3 aromatic rings. The highest BCUT2D eigenvalue weighted by Crippen LogP contribution is 2.23. The minimum atomic E-state index is 0.142. The smallest absolute Gasteiger partial charge is 0.225 e. The number of nitrogens with two attached hydrogens (primary N) is 2. The maximum atomic E-state index is 5.85. The lowest BCUT2D eigenvalue weighted by Crippen LogP contribution is -2.45. The van der Waals surface area contributed by atoms with Gasteiger partial charge in [-0.2, -0.15) is 4.98 Å². The van der Waals surface area contributed by atoms with E-state index in [4.69, 9.17) is 11.5 Å². The van der Waals surface area contributed by atoms with Crippen molar-refractivity contribution in [1.82, 2.24) is 29.8 Å². The molecule has 0 amide bonds. The monoisotopic (exact) mass is 337 g/mol. The molecule has 1 saturated heterocycles. The van der Waals surface area contributed by atoms with Crippen LogP contribution in [0.2, 0.25) is 0 Å². The second-order valence-corrected chi connectivity index (χ2v) is 6.12. The first-order chi connectivity index (χ1) is 12.1. The Bertz CT molecular complexity index is 901. The zero-order valence-electron chi connectivity index (χ0n) is 13.9. The van der Waals surface area contributed by atoms with Gasteiger partial charge in [-0.25, -0.2) is 15.0 Å². The molecule has 9 nitrogen and oxygen atoms in total. The molecule has 0 atom stereocenters. The Balaban J connectivity index is 1.62. The fourth-order valence-electron chi connectivity index (χ4n) is 2.85. The second kappa shape index (κ2) is 6.10. The molecule has 0 bridgehead atoms. The summed E-state index contributed by atoms with van der Waals surface area (Å²) in [4.78, 5) is 26.0. The third kappa shape index (κ3) is 3.01. The summed E-state index contributed by atoms with van der Waals surface area (Å²) in [7, 11) is 2.12. The molecule has 128 valence electrons. The number of hydrogen-bond donors (Lipinski definition) is 2. The number of likely N-dealkylation sites (N-methyl/N-ethyl adjacent to an activating group) is 1. The van der Waals surface area contributed by atoms with E-state index in [1.54, 1.807) is 18.6 Å². The standard InChI is InChI=1S/C16H19N9/c1-24-2-4-25(5-3-24)16-20-7-10(8-21-16)12-6-13-11(9-19-12)14(17)23-15(18)22-13/h6-9H,2-5H2,1H3,(H4,17,18,22,23). The van der Waals surface area contributed by atoms with E-state index in [-0.39, 0.29) is 5.95 Å². The number of nitrogens with zero attached hydrogens (tertiary/aromatic N) is 7. The van der Waals surface area contributed by atoms with Gasteiger partial charge < -0.3 is 21.3 Å². The summed E-state index contributed by atoms with van der Waals surface area (Å²) in [5.41, 5.74) is 13.7. The molecule has 25 heavy (non-hydrogen) atoms. The number of nitrogen functional groups attached to an aromatic ring is 2. The molecule has 1 fully saturated rings. The van der Waals surface area contributed by atoms with Gasteiger partial charge in [-0.3, -0.25) is 4.98 Å². The average molecular weight is 337 g/mol. The van der Waals surface area contributed by atoms with Gasteiger partial charge in [0.2, 0.25) is 11.9 Å². The minimum absolute atomic E-state index is 0.142. The van der Waals surface area contributed by atoms with E-state index in [0.29, 0.717) is 16.7 Å². The minimum Gasteiger partial charge on any atom is -0.383 e. The number of aromatic nitrogens is 5. The van der Waals surface area contributed by atoms with E-state index in [0.717, 1.165) is 43.4 Å². The SMILES string of the molecule is CN1CCN(c2ncc(-c3cc4nc(N)nc(N)c4cn3)cn2)CC1. The van der Waals surface area contributed by atoms with Crippen LogP contribution in [0.25, 0.3) is 22.2 Å². The molecular formula is C16H19N9. The Morgan fingerprint density at radius 3 is 2.36 bits per heavy atom. The molecule has 0 saturated carbocycles. The summed E-state index contributed by atoms with van der Waals surface area (Å²) in [6.07, 6.45) is 5.21. The van der Waals surface area contributed by atoms with E-state index in [2.05, 4.69) is 41.8 Å². The van der Waals surface area contributed by atoms with Crippen LogP contribution in [0.3, 0.4) is 0 Å². The third-order valence-corrected chi connectivity index (χ3v) is 4.35. The molecule has 0 spiro atoms. The maximum absolute atomic E-state index is 5.85. The van der Waals surface area contributed by atoms with E-state index >= 15 is 0 Å². The van der Waals surface area contributed by atoms with E-state index in [1.807, 2.05) is 6.07 Å². The van der Waals surface area contributed by atoms with Crippen molar-refractivity contribution in [2.75, 3.05) is 49.6 Å². The van der Waals surface area contributed by atoms with Crippen LogP contribution in [-0.4, -0.2) is 63.0 Å². The maximum Gasteiger partial charge on any atom is 0.225 e. The Morgan fingerprint density at radius 2 is 1.64 bits per heavy atom. The predicted molar refractivity (Wildman–Crippen MR) is 96.9 cm³/mol. The summed E-state index contributed by atoms with van der Waals surface area (Å²) in [6, 6.07) is 1.82. The highest BCUT2D eigenvalue weighted by molar-refractivity contribution is 5.90. The molecule has 4 heterocycles. The van der Waals surface area contributed by atoms with Gasteiger partial charge in [0, 0.05) is 50.3 Å². The summed E-state index contributed by atoms with van der Waals surface area (Å²) in [5, 5.41) is 0.674. The van der Waals surface area contributed by atoms with Gasteiger partial charge in [0.25, 0.3) is 0 Å². The first-order valence-corrected chi connectivity index (χ1v) is 8.05. The molecule has 0 unspecified atom stereocenters. The molecule has 0 aromatic carbocycles. The van der Waals surface area contributed by atoms with Gasteiger partial charge in [0.1, 0.15) is 5.82 Å². The van der Waals surface area contributed by atoms with Gasteiger partial charge in [-0.05, 0) is 13.1 Å². The molecule has 0 radical (unpaired) electrons. The quantitative estimate of drug-likeness (QED) is 0.683. The van der Waals surface area contributed by atoms with Gasteiger partial charge in [0.05, 0.1) is 16.6 Å². The van der Waals surface area contributed by atoms with Crippen LogP contribution in [0, 0.1) is 0 Å². The van der Waals surface area contributed by atoms with Gasteiger partial charge in [0.15, 0.2) is 0 Å². The van der Waals surface area contributed by atoms with E-state index in [9.17, 15) is 0 Å². The Labute approximate surface area is 144 Å². The van der Waals surface area contributed by atoms with Crippen LogP contribution in [0.5, 0.6) is 0 Å². The summed E-state index contributed by atoms with van der Waals surface area (Å²) in [6.45, 7) is 3.89. The van der Waals surface area contributed by atoms with Crippen molar-refractivity contribution in [3.63, 3.8) is 0 Å². The van der Waals surface area contributed by atoms with Crippen molar-refractivity contribution < 1.29 is 0 Å². The number of piperazine rings is 1. The van der Waals surface area contributed by atoms with Crippen LogP contribution in [0.4, 0.5) is 17.7 Å². The second-order valence-electron chi connectivity index (χ2n) is 6.12. The molecule has 0 aliphatic carbocycles. The van der Waals surface area contributed by atoms with Crippen LogP contribution in [-0.2, 0) is 0 Å². The van der Waals surface area contributed by atoms with Crippen molar-refractivity contribution in [1.29, 1.82) is 0 Å². The third-order valence-electron chi connectivity index (χ3n) is 4.35. The lowest BCUT2D eigenvalue weighted by atomic mass is 10.2. The van der Waals surface area contributed by atoms with Crippen molar-refractivity contribution in [2.24, 2.45) is 0 Å². The van der Waals surface area contributed by atoms with Crippen LogP contribution < -0.4 is 16.4 Å². The molecule has 4 N–H and O–H groups in total. The lowest BCUT2D eigenvalue weighted by molar-refractivity contribution is 0.311. The molecule has 1 aliphatic rings. The summed E-state index contributed by atoms with van der Waals surface area (Å²) in [5.74, 6) is 1.21. The van der Waals surface area contributed by atoms with Crippen molar-refractivity contribution in [2.45, 2.75) is 0 Å². The number of pyridine rings is 1. The van der Waals surface area contributed by atoms with Crippen molar-refractivity contribution in [3.8, 4) is 11.3 Å². The van der Waals surface area contributed by atoms with Gasteiger partial charge >= 0.3 is 0 Å². The Morgan fingerprint density at radius 1 is 0.920 bits per heavy atom. The predicted octanol–water partition coefficient (Wildman–Crippen LogP) is 0.398. The first kappa shape index (κ1) is 15.5. The van der Waals surface area contributed by atoms with Crippen molar-refractivity contribution >= 4 is 28.6 Å². The highest BCUT2D eigenvalue weighted by Gasteiger charge is 2.16. The molecule has 9 heteroatoms. The van der Waals surface area contributed by atoms with Crippen LogP contribution >= 0.6 is 0 Å². The zero-order valence-corrected chi connectivity index (χ0v) is 13.9. The number of hydrogen-bond acceptors (Lipinski definition) is 9. The fraction of sp³-hybridized carbons (Fsp3) is 0.312. The number of fused-ring (bicyclic) bond motifs is 1. The Hall–Kier alpha value is -3.07. The summed E-state index contributed by atoms with van der Waals surface area (Å²) >= 11 is 0. The molecule has 1 aliphatic heterocycles. The van der Waals surface area contributed by atoms with Crippen LogP contribution in [0.15, 0.2) is 24.7 Å². The normalized spacial score (nSPS) is 15.6. The van der Waals surface area contributed by atoms with Gasteiger partial charge in [-0.15, -0.1) is 0 Å². The zero-order chi connectivity index (χ0) is 17.4.